The fraction of sp³-hybridized carbons (Fsp3) is 0.211. The number of nitrogens with one attached hydrogen (secondary N) is 1. The van der Waals surface area contributed by atoms with Gasteiger partial charge in [0.15, 0.2) is 0 Å². The molecule has 1 N–H and O–H groups in total. The first-order valence-electron chi connectivity index (χ1n) is 7.86. The van der Waals surface area contributed by atoms with Crippen molar-refractivity contribution in [2.45, 2.75) is 11.9 Å². The van der Waals surface area contributed by atoms with Gasteiger partial charge in [-0.25, -0.2) is 0 Å². The second kappa shape index (κ2) is 6.24. The molecule has 1 fully saturated rings. The Balaban J connectivity index is 1.64. The van der Waals surface area contributed by atoms with Gasteiger partial charge in [0.05, 0.1) is 12.9 Å². The Morgan fingerprint density at radius 2 is 2.00 bits per heavy atom. The number of nitrogens with zero attached hydrogens (tertiary/aromatic N) is 1. The summed E-state index contributed by atoms with van der Waals surface area (Å²) in [6, 6.07) is 16.1. The second-order valence-corrected chi connectivity index (χ2v) is 6.89. The first kappa shape index (κ1) is 15.1. The molecule has 0 spiro atoms. The van der Waals surface area contributed by atoms with E-state index in [0.717, 1.165) is 16.8 Å². The number of H-pyrrole nitrogens is 1. The summed E-state index contributed by atoms with van der Waals surface area (Å²) in [7, 11) is 1.66. The third-order valence-electron chi connectivity index (χ3n) is 4.37. The third-order valence-corrected chi connectivity index (χ3v) is 5.61. The molecule has 122 valence electrons. The lowest BCUT2D eigenvalue weighted by Crippen LogP contribution is -2.27. The van der Waals surface area contributed by atoms with Gasteiger partial charge in [-0.05, 0) is 23.8 Å². The number of carbonyl (C=O) groups is 1. The molecule has 1 aliphatic heterocycles. The minimum atomic E-state index is 0.0516. The van der Waals surface area contributed by atoms with Crippen LogP contribution in [0.25, 0.3) is 10.9 Å². The highest BCUT2D eigenvalue weighted by molar-refractivity contribution is 8.00. The van der Waals surface area contributed by atoms with E-state index in [1.807, 2.05) is 47.5 Å². The zero-order valence-corrected chi connectivity index (χ0v) is 14.2. The quantitative estimate of drug-likeness (QED) is 0.783. The molecular formula is C19H18N2O2S. The number of benzene rings is 2. The number of para-hydroxylation sites is 1. The number of methoxy groups -OCH3 is 1. The Hall–Kier alpha value is -2.40. The molecule has 2 aromatic carbocycles. The zero-order valence-electron chi connectivity index (χ0n) is 13.4. The van der Waals surface area contributed by atoms with E-state index in [1.54, 1.807) is 18.9 Å². The highest BCUT2D eigenvalue weighted by atomic mass is 32.2. The van der Waals surface area contributed by atoms with Crippen LogP contribution in [0.15, 0.2) is 54.7 Å². The number of aromatic amines is 1. The van der Waals surface area contributed by atoms with Crippen molar-refractivity contribution in [2.24, 2.45) is 0 Å². The standard InChI is InChI=1S/C19H18N2O2S/c1-23-14-8-6-13(7-9-14)11-21-18(22)12-24-19(21)16-10-20-17-5-3-2-4-15(16)17/h2-10,19-20H,11-12H2,1H3. The van der Waals surface area contributed by atoms with Crippen LogP contribution >= 0.6 is 11.8 Å². The van der Waals surface area contributed by atoms with Crippen LogP contribution in [0, 0.1) is 0 Å². The summed E-state index contributed by atoms with van der Waals surface area (Å²) in [5.41, 5.74) is 3.39. The molecule has 1 atom stereocenters. The molecule has 0 saturated carbocycles. The third kappa shape index (κ3) is 2.65. The van der Waals surface area contributed by atoms with Gasteiger partial charge in [-0.15, -0.1) is 11.8 Å². The summed E-state index contributed by atoms with van der Waals surface area (Å²) in [5.74, 6) is 1.54. The van der Waals surface area contributed by atoms with Crippen LogP contribution in [0.2, 0.25) is 0 Å². The van der Waals surface area contributed by atoms with E-state index in [4.69, 9.17) is 4.74 Å². The van der Waals surface area contributed by atoms with Crippen molar-refractivity contribution in [1.82, 2.24) is 9.88 Å². The maximum absolute atomic E-state index is 12.4. The number of hydrogen-bond donors (Lipinski definition) is 1. The van der Waals surface area contributed by atoms with E-state index >= 15 is 0 Å². The van der Waals surface area contributed by atoms with Gasteiger partial charge in [-0.1, -0.05) is 30.3 Å². The number of thioether (sulfide) groups is 1. The van der Waals surface area contributed by atoms with Crippen molar-refractivity contribution in [3.8, 4) is 5.75 Å². The molecular weight excluding hydrogens is 320 g/mol. The van der Waals surface area contributed by atoms with Gasteiger partial charge in [-0.2, -0.15) is 0 Å². The maximum atomic E-state index is 12.4. The Morgan fingerprint density at radius 3 is 2.79 bits per heavy atom. The fourth-order valence-corrected chi connectivity index (χ4v) is 4.32. The van der Waals surface area contributed by atoms with Gasteiger partial charge in [0, 0.05) is 29.2 Å². The van der Waals surface area contributed by atoms with Gasteiger partial charge in [0.2, 0.25) is 5.91 Å². The Labute approximate surface area is 144 Å². The lowest BCUT2D eigenvalue weighted by Gasteiger charge is -2.24. The number of ether oxygens (including phenoxy) is 1. The van der Waals surface area contributed by atoms with Crippen LogP contribution in [0.4, 0.5) is 0 Å². The summed E-state index contributed by atoms with van der Waals surface area (Å²) in [5, 5.41) is 1.24. The molecule has 0 radical (unpaired) electrons. The SMILES string of the molecule is COc1ccc(CN2C(=O)CSC2c2c[nH]c3ccccc23)cc1. The van der Waals surface area contributed by atoms with E-state index in [9.17, 15) is 4.79 Å². The molecule has 3 aromatic rings. The summed E-state index contributed by atoms with van der Waals surface area (Å²) in [6.07, 6.45) is 2.03. The van der Waals surface area contributed by atoms with Gasteiger partial charge in [-0.3, -0.25) is 4.79 Å². The largest absolute Gasteiger partial charge is 0.497 e. The van der Waals surface area contributed by atoms with Crippen molar-refractivity contribution in [3.05, 3.63) is 65.9 Å². The first-order chi connectivity index (χ1) is 11.8. The number of rotatable bonds is 4. The van der Waals surface area contributed by atoms with Crippen LogP contribution in [-0.4, -0.2) is 28.7 Å². The van der Waals surface area contributed by atoms with Crippen LogP contribution in [-0.2, 0) is 11.3 Å². The van der Waals surface area contributed by atoms with Gasteiger partial charge in [0.25, 0.3) is 0 Å². The van der Waals surface area contributed by atoms with Crippen LogP contribution in [0.3, 0.4) is 0 Å². The Morgan fingerprint density at radius 1 is 1.21 bits per heavy atom. The summed E-state index contributed by atoms with van der Waals surface area (Å²) in [4.78, 5) is 17.7. The average molecular weight is 338 g/mol. The number of amides is 1. The van der Waals surface area contributed by atoms with Crippen molar-refractivity contribution < 1.29 is 9.53 Å². The molecule has 4 rings (SSSR count). The maximum Gasteiger partial charge on any atom is 0.234 e. The summed E-state index contributed by atoms with van der Waals surface area (Å²) >= 11 is 1.69. The highest BCUT2D eigenvalue weighted by Gasteiger charge is 2.34. The molecule has 1 aromatic heterocycles. The minimum absolute atomic E-state index is 0.0516. The second-order valence-electron chi connectivity index (χ2n) is 5.82. The fourth-order valence-electron chi connectivity index (χ4n) is 3.11. The highest BCUT2D eigenvalue weighted by Crippen LogP contribution is 2.42. The molecule has 2 heterocycles. The predicted octanol–water partition coefficient (Wildman–Crippen LogP) is 3.95. The van der Waals surface area contributed by atoms with Gasteiger partial charge >= 0.3 is 0 Å². The van der Waals surface area contributed by atoms with Crippen LogP contribution < -0.4 is 4.74 Å². The van der Waals surface area contributed by atoms with E-state index < -0.39 is 0 Å². The minimum Gasteiger partial charge on any atom is -0.497 e. The number of aromatic nitrogens is 1. The monoisotopic (exact) mass is 338 g/mol. The smallest absolute Gasteiger partial charge is 0.234 e. The molecule has 1 saturated heterocycles. The molecule has 1 aliphatic rings. The zero-order chi connectivity index (χ0) is 16.5. The number of fused-ring (bicyclic) bond motifs is 1. The summed E-state index contributed by atoms with van der Waals surface area (Å²) < 4.78 is 5.20. The summed E-state index contributed by atoms with van der Waals surface area (Å²) in [6.45, 7) is 0.611. The normalized spacial score (nSPS) is 17.6. The van der Waals surface area contributed by atoms with Gasteiger partial charge in [0.1, 0.15) is 11.1 Å². The predicted molar refractivity (Wildman–Crippen MR) is 97.0 cm³/mol. The first-order valence-corrected chi connectivity index (χ1v) is 8.91. The number of carbonyl (C=O) groups excluding carboxylic acids is 1. The average Bonchev–Trinajstić information content (AvgIpc) is 3.20. The molecule has 0 aliphatic carbocycles. The Bertz CT molecular complexity index is 872. The molecule has 5 heteroatoms. The molecule has 1 unspecified atom stereocenters. The lowest BCUT2D eigenvalue weighted by atomic mass is 10.1. The van der Waals surface area contributed by atoms with Gasteiger partial charge < -0.3 is 14.6 Å². The van der Waals surface area contributed by atoms with E-state index in [-0.39, 0.29) is 11.3 Å². The molecule has 24 heavy (non-hydrogen) atoms. The topological polar surface area (TPSA) is 45.3 Å². The Kier molecular flexibility index (Phi) is 3.94. The van der Waals surface area contributed by atoms with Crippen LogP contribution in [0.5, 0.6) is 5.75 Å². The van der Waals surface area contributed by atoms with Crippen molar-refractivity contribution in [2.75, 3.05) is 12.9 Å². The van der Waals surface area contributed by atoms with E-state index in [0.29, 0.717) is 12.3 Å². The number of hydrogen-bond acceptors (Lipinski definition) is 3. The van der Waals surface area contributed by atoms with Crippen LogP contribution in [0.1, 0.15) is 16.5 Å². The van der Waals surface area contributed by atoms with E-state index in [1.165, 1.54) is 10.9 Å². The molecule has 1 amide bonds. The van der Waals surface area contributed by atoms with Crippen molar-refractivity contribution >= 4 is 28.6 Å². The molecule has 0 bridgehead atoms. The van der Waals surface area contributed by atoms with Crippen molar-refractivity contribution in [3.63, 3.8) is 0 Å². The molecule has 4 nitrogen and oxygen atoms in total. The lowest BCUT2D eigenvalue weighted by molar-refractivity contribution is -0.128. The van der Waals surface area contributed by atoms with E-state index in [2.05, 4.69) is 17.1 Å². The van der Waals surface area contributed by atoms with Crippen molar-refractivity contribution in [1.29, 1.82) is 0 Å².